The number of carbonyl (C=O) groups is 2. The molecule has 0 atom stereocenters. The number of benzene rings is 3. The standard InChI is InChI=1S/C27H22Cl2N4O5S/c28-20-8-6-19(7-9-20)17-33(39(36,37)25-4-2-1-3-5-25)18-24-15-14-23(38-24)16-30-32-27(35)26(34)31-22-12-10-21(29)11-13-22/h1-16H,17-18H2,(H,31,34)(H,32,35)/b30-16+. The van der Waals surface area contributed by atoms with Crippen LogP contribution in [0.5, 0.6) is 0 Å². The maximum Gasteiger partial charge on any atom is 0.329 e. The molecule has 4 rings (SSSR count). The Bertz CT molecular complexity index is 1570. The second kappa shape index (κ2) is 12.7. The first kappa shape index (κ1) is 28.1. The van der Waals surface area contributed by atoms with Crippen molar-refractivity contribution in [1.82, 2.24) is 9.73 Å². The Morgan fingerprint density at radius 3 is 2.13 bits per heavy atom. The zero-order chi connectivity index (χ0) is 27.8. The van der Waals surface area contributed by atoms with E-state index in [1.165, 1.54) is 22.7 Å². The maximum absolute atomic E-state index is 13.4. The molecular formula is C27H22Cl2N4O5S. The van der Waals surface area contributed by atoms with Gasteiger partial charge in [0.25, 0.3) is 0 Å². The van der Waals surface area contributed by atoms with Crippen molar-refractivity contribution in [3.63, 3.8) is 0 Å². The Morgan fingerprint density at radius 2 is 1.46 bits per heavy atom. The molecule has 4 aromatic rings. The van der Waals surface area contributed by atoms with Gasteiger partial charge in [0.15, 0.2) is 0 Å². The number of hydrogen-bond acceptors (Lipinski definition) is 6. The van der Waals surface area contributed by atoms with Crippen molar-refractivity contribution < 1.29 is 22.4 Å². The SMILES string of the molecule is O=C(N/N=C/c1ccc(CN(Cc2ccc(Cl)cc2)S(=O)(=O)c2ccccc2)o1)C(=O)Nc1ccc(Cl)cc1. The molecule has 200 valence electrons. The minimum absolute atomic E-state index is 0.0659. The van der Waals surface area contributed by atoms with E-state index in [1.54, 1.807) is 78.9 Å². The van der Waals surface area contributed by atoms with Crippen molar-refractivity contribution >= 4 is 56.9 Å². The molecule has 0 unspecified atom stereocenters. The van der Waals surface area contributed by atoms with E-state index in [1.807, 2.05) is 0 Å². The molecule has 9 nitrogen and oxygen atoms in total. The summed E-state index contributed by atoms with van der Waals surface area (Å²) >= 11 is 11.8. The van der Waals surface area contributed by atoms with Gasteiger partial charge in [-0.15, -0.1) is 0 Å². The zero-order valence-corrected chi connectivity index (χ0v) is 22.6. The number of carbonyl (C=O) groups excluding carboxylic acids is 2. The van der Waals surface area contributed by atoms with Gasteiger partial charge in [0.1, 0.15) is 11.5 Å². The Labute approximate surface area is 235 Å². The van der Waals surface area contributed by atoms with E-state index in [2.05, 4.69) is 15.8 Å². The summed E-state index contributed by atoms with van der Waals surface area (Å²) in [7, 11) is -3.87. The van der Waals surface area contributed by atoms with Crippen LogP contribution in [0.3, 0.4) is 0 Å². The van der Waals surface area contributed by atoms with Gasteiger partial charge in [-0.1, -0.05) is 53.5 Å². The smallest absolute Gasteiger partial charge is 0.329 e. The third-order valence-corrected chi connectivity index (χ3v) is 7.64. The van der Waals surface area contributed by atoms with Crippen molar-refractivity contribution in [3.05, 3.63) is 118 Å². The number of hydrazone groups is 1. The normalized spacial score (nSPS) is 11.6. The third kappa shape index (κ3) is 7.78. The highest BCUT2D eigenvalue weighted by atomic mass is 35.5. The largest absolute Gasteiger partial charge is 0.459 e. The van der Waals surface area contributed by atoms with Crippen molar-refractivity contribution in [1.29, 1.82) is 0 Å². The number of sulfonamides is 1. The lowest BCUT2D eigenvalue weighted by Gasteiger charge is -2.21. The van der Waals surface area contributed by atoms with Gasteiger partial charge in [-0.2, -0.15) is 9.41 Å². The minimum Gasteiger partial charge on any atom is -0.459 e. The average Bonchev–Trinajstić information content (AvgIpc) is 3.38. The molecule has 0 saturated heterocycles. The van der Waals surface area contributed by atoms with Crippen LogP contribution < -0.4 is 10.7 Å². The molecule has 0 aliphatic heterocycles. The molecule has 0 spiro atoms. The third-order valence-electron chi connectivity index (χ3n) is 5.33. The van der Waals surface area contributed by atoms with Gasteiger partial charge in [-0.25, -0.2) is 13.8 Å². The Kier molecular flexibility index (Phi) is 9.15. The van der Waals surface area contributed by atoms with Crippen LogP contribution in [0.25, 0.3) is 0 Å². The molecule has 0 aliphatic rings. The fraction of sp³-hybridized carbons (Fsp3) is 0.0741. The van der Waals surface area contributed by atoms with E-state index in [-0.39, 0.29) is 23.7 Å². The first-order chi connectivity index (χ1) is 18.7. The van der Waals surface area contributed by atoms with E-state index in [9.17, 15) is 18.0 Å². The van der Waals surface area contributed by atoms with Crippen LogP contribution in [0.4, 0.5) is 5.69 Å². The highest BCUT2D eigenvalue weighted by molar-refractivity contribution is 7.89. The molecule has 0 fully saturated rings. The van der Waals surface area contributed by atoms with E-state index >= 15 is 0 Å². The lowest BCUT2D eigenvalue weighted by molar-refractivity contribution is -0.136. The molecule has 0 radical (unpaired) electrons. The average molecular weight is 585 g/mol. The lowest BCUT2D eigenvalue weighted by atomic mass is 10.2. The molecule has 2 N–H and O–H groups in total. The number of anilines is 1. The highest BCUT2D eigenvalue weighted by Crippen LogP contribution is 2.22. The van der Waals surface area contributed by atoms with Gasteiger partial charge in [0.2, 0.25) is 10.0 Å². The Hall–Kier alpha value is -3.96. The summed E-state index contributed by atoms with van der Waals surface area (Å²) in [5.74, 6) is -1.32. The molecule has 39 heavy (non-hydrogen) atoms. The number of nitrogens with one attached hydrogen (secondary N) is 2. The Morgan fingerprint density at radius 1 is 0.821 bits per heavy atom. The molecule has 0 saturated carbocycles. The van der Waals surface area contributed by atoms with Gasteiger partial charge in [0.05, 0.1) is 17.7 Å². The number of halogens is 2. The van der Waals surface area contributed by atoms with Crippen LogP contribution in [0.2, 0.25) is 10.0 Å². The molecule has 1 aromatic heterocycles. The second-order valence-corrected chi connectivity index (χ2v) is 11.0. The summed E-state index contributed by atoms with van der Waals surface area (Å²) in [4.78, 5) is 24.2. The van der Waals surface area contributed by atoms with Crippen molar-refractivity contribution in [2.24, 2.45) is 5.10 Å². The monoisotopic (exact) mass is 584 g/mol. The first-order valence-electron chi connectivity index (χ1n) is 11.5. The van der Waals surface area contributed by atoms with Crippen molar-refractivity contribution in [2.45, 2.75) is 18.0 Å². The van der Waals surface area contributed by atoms with Crippen LogP contribution in [0.15, 0.2) is 105 Å². The zero-order valence-electron chi connectivity index (χ0n) is 20.3. The summed E-state index contributed by atoms with van der Waals surface area (Å²) in [5, 5.41) is 7.19. The quantitative estimate of drug-likeness (QED) is 0.162. The first-order valence-corrected chi connectivity index (χ1v) is 13.7. The van der Waals surface area contributed by atoms with E-state index in [0.29, 0.717) is 21.5 Å². The van der Waals surface area contributed by atoms with E-state index in [4.69, 9.17) is 27.6 Å². The molecule has 2 amide bonds. The summed E-state index contributed by atoms with van der Waals surface area (Å²) < 4.78 is 33.8. The fourth-order valence-electron chi connectivity index (χ4n) is 3.41. The number of nitrogens with zero attached hydrogens (tertiary/aromatic N) is 2. The van der Waals surface area contributed by atoms with Crippen LogP contribution in [-0.4, -0.2) is 30.8 Å². The van der Waals surface area contributed by atoms with Crippen LogP contribution >= 0.6 is 23.2 Å². The summed E-state index contributed by atoms with van der Waals surface area (Å²) in [6.07, 6.45) is 1.20. The van der Waals surface area contributed by atoms with Gasteiger partial charge in [-0.05, 0) is 66.2 Å². The number of furan rings is 1. The molecule has 12 heteroatoms. The van der Waals surface area contributed by atoms with E-state index < -0.39 is 21.8 Å². The van der Waals surface area contributed by atoms with Crippen molar-refractivity contribution in [2.75, 3.05) is 5.32 Å². The van der Waals surface area contributed by atoms with Gasteiger partial charge in [0, 0.05) is 22.3 Å². The molecule has 3 aromatic carbocycles. The molecule has 1 heterocycles. The minimum atomic E-state index is -3.87. The number of rotatable bonds is 9. The van der Waals surface area contributed by atoms with Gasteiger partial charge in [-0.3, -0.25) is 9.59 Å². The van der Waals surface area contributed by atoms with Gasteiger partial charge >= 0.3 is 11.8 Å². The van der Waals surface area contributed by atoms with Crippen molar-refractivity contribution in [3.8, 4) is 0 Å². The molecular weight excluding hydrogens is 563 g/mol. The van der Waals surface area contributed by atoms with Crippen LogP contribution in [0, 0.1) is 0 Å². The summed E-state index contributed by atoms with van der Waals surface area (Å²) in [5.41, 5.74) is 3.25. The molecule has 0 bridgehead atoms. The second-order valence-electron chi connectivity index (χ2n) is 8.18. The lowest BCUT2D eigenvalue weighted by Crippen LogP contribution is -2.32. The predicted octanol–water partition coefficient (Wildman–Crippen LogP) is 5.07. The fourth-order valence-corrected chi connectivity index (χ4v) is 5.08. The summed E-state index contributed by atoms with van der Waals surface area (Å²) in [6, 6.07) is 24.4. The summed E-state index contributed by atoms with van der Waals surface area (Å²) in [6.45, 7) is 0.0147. The predicted molar refractivity (Wildman–Crippen MR) is 149 cm³/mol. The molecule has 0 aliphatic carbocycles. The number of hydrogen-bond donors (Lipinski definition) is 2. The maximum atomic E-state index is 13.4. The van der Waals surface area contributed by atoms with Gasteiger partial charge < -0.3 is 9.73 Å². The van der Waals surface area contributed by atoms with Crippen LogP contribution in [0.1, 0.15) is 17.1 Å². The Balaban J connectivity index is 1.42. The van der Waals surface area contributed by atoms with Crippen LogP contribution in [-0.2, 0) is 32.7 Å². The highest BCUT2D eigenvalue weighted by Gasteiger charge is 2.26. The van der Waals surface area contributed by atoms with E-state index in [0.717, 1.165) is 5.56 Å². The number of amides is 2. The topological polar surface area (TPSA) is 121 Å².